The molecule has 2 heteroatoms. The van der Waals surface area contributed by atoms with Gasteiger partial charge in [0.1, 0.15) is 5.76 Å². The summed E-state index contributed by atoms with van der Waals surface area (Å²) in [5.74, 6) is 1.50. The maximum absolute atomic E-state index is 13.1. The van der Waals surface area contributed by atoms with Crippen LogP contribution in [0.15, 0.2) is 11.8 Å². The normalized spacial score (nSPS) is 42.9. The van der Waals surface area contributed by atoms with Crippen molar-refractivity contribution in [2.24, 2.45) is 33.5 Å². The standard InChI is InChI=1S/C21H36O2/c1-14-9-11-20(7,18(14,3)4)16(22)13-17(23)21(8)12-10-15(2)19(21,5)6/h13-15,22H,9-12H2,1-8H3/b16-13-/t14-,15-,20-,21-/m0/s1. The van der Waals surface area contributed by atoms with Crippen molar-refractivity contribution in [1.29, 1.82) is 0 Å². The number of rotatable bonds is 3. The van der Waals surface area contributed by atoms with Crippen LogP contribution in [0.25, 0.3) is 0 Å². The van der Waals surface area contributed by atoms with Crippen LogP contribution in [-0.2, 0) is 4.79 Å². The summed E-state index contributed by atoms with van der Waals surface area (Å²) in [4.78, 5) is 13.1. The fraction of sp³-hybridized carbons (Fsp3) is 0.857. The fourth-order valence-corrected chi connectivity index (χ4v) is 4.81. The molecule has 0 aromatic carbocycles. The van der Waals surface area contributed by atoms with E-state index in [0.29, 0.717) is 17.6 Å². The maximum Gasteiger partial charge on any atom is 0.165 e. The second-order valence-electron chi connectivity index (χ2n) is 9.88. The van der Waals surface area contributed by atoms with Gasteiger partial charge < -0.3 is 5.11 Å². The van der Waals surface area contributed by atoms with Crippen LogP contribution < -0.4 is 0 Å². The van der Waals surface area contributed by atoms with E-state index in [2.05, 4.69) is 55.4 Å². The molecular weight excluding hydrogens is 284 g/mol. The molecule has 0 aromatic heterocycles. The molecule has 1 N–H and O–H groups in total. The van der Waals surface area contributed by atoms with Crippen LogP contribution in [0.4, 0.5) is 0 Å². The third-order valence-electron chi connectivity index (χ3n) is 8.84. The highest BCUT2D eigenvalue weighted by Crippen LogP contribution is 2.60. The van der Waals surface area contributed by atoms with Crippen molar-refractivity contribution in [3.8, 4) is 0 Å². The highest BCUT2D eigenvalue weighted by molar-refractivity contribution is 5.96. The Morgan fingerprint density at radius 2 is 1.26 bits per heavy atom. The van der Waals surface area contributed by atoms with Crippen molar-refractivity contribution in [3.63, 3.8) is 0 Å². The van der Waals surface area contributed by atoms with Crippen molar-refractivity contribution < 1.29 is 9.90 Å². The molecule has 0 saturated heterocycles. The number of aliphatic hydroxyl groups is 1. The van der Waals surface area contributed by atoms with Crippen molar-refractivity contribution in [2.45, 2.75) is 81.1 Å². The molecule has 23 heavy (non-hydrogen) atoms. The van der Waals surface area contributed by atoms with E-state index < -0.39 is 0 Å². The maximum atomic E-state index is 13.1. The van der Waals surface area contributed by atoms with Gasteiger partial charge in [-0.3, -0.25) is 4.79 Å². The van der Waals surface area contributed by atoms with Crippen LogP contribution in [0.2, 0.25) is 0 Å². The van der Waals surface area contributed by atoms with Gasteiger partial charge in [-0.2, -0.15) is 0 Å². The van der Waals surface area contributed by atoms with E-state index in [-0.39, 0.29) is 27.4 Å². The van der Waals surface area contributed by atoms with Crippen LogP contribution in [0.5, 0.6) is 0 Å². The summed E-state index contributed by atoms with van der Waals surface area (Å²) in [6, 6.07) is 0. The summed E-state index contributed by atoms with van der Waals surface area (Å²) in [6.07, 6.45) is 5.65. The van der Waals surface area contributed by atoms with E-state index in [4.69, 9.17) is 0 Å². The zero-order valence-electron chi connectivity index (χ0n) is 16.4. The monoisotopic (exact) mass is 320 g/mol. The van der Waals surface area contributed by atoms with Crippen LogP contribution in [0.1, 0.15) is 81.1 Å². The van der Waals surface area contributed by atoms with Gasteiger partial charge in [-0.15, -0.1) is 0 Å². The van der Waals surface area contributed by atoms with Gasteiger partial charge in [0.15, 0.2) is 5.78 Å². The molecule has 2 aliphatic carbocycles. The first-order valence-corrected chi connectivity index (χ1v) is 9.26. The van der Waals surface area contributed by atoms with Crippen LogP contribution in [0, 0.1) is 33.5 Å². The topological polar surface area (TPSA) is 37.3 Å². The number of hydrogen-bond donors (Lipinski definition) is 1. The van der Waals surface area contributed by atoms with E-state index in [1.807, 2.05) is 0 Å². The van der Waals surface area contributed by atoms with E-state index in [1.165, 1.54) is 0 Å². The van der Waals surface area contributed by atoms with Gasteiger partial charge in [0.2, 0.25) is 0 Å². The Kier molecular flexibility index (Phi) is 4.32. The second kappa shape index (κ2) is 5.36. The molecule has 0 heterocycles. The highest BCUT2D eigenvalue weighted by atomic mass is 16.3. The summed E-state index contributed by atoms with van der Waals surface area (Å²) < 4.78 is 0. The smallest absolute Gasteiger partial charge is 0.165 e. The van der Waals surface area contributed by atoms with Gasteiger partial charge in [-0.25, -0.2) is 0 Å². The molecule has 2 rings (SSSR count). The summed E-state index contributed by atoms with van der Waals surface area (Å²) in [5, 5.41) is 10.9. The molecule has 2 aliphatic rings. The average molecular weight is 321 g/mol. The first-order chi connectivity index (χ1) is 10.3. The van der Waals surface area contributed by atoms with Crippen molar-refractivity contribution >= 4 is 5.78 Å². The predicted molar refractivity (Wildman–Crippen MR) is 96.3 cm³/mol. The predicted octanol–water partition coefficient (Wildman–Crippen LogP) is 5.92. The van der Waals surface area contributed by atoms with E-state index in [1.54, 1.807) is 6.08 Å². The molecule has 4 atom stereocenters. The Hall–Kier alpha value is -0.790. The Morgan fingerprint density at radius 3 is 1.61 bits per heavy atom. The van der Waals surface area contributed by atoms with Gasteiger partial charge in [0.25, 0.3) is 0 Å². The number of ketones is 1. The lowest BCUT2D eigenvalue weighted by Crippen LogP contribution is -2.40. The summed E-state index contributed by atoms with van der Waals surface area (Å²) >= 11 is 0. The Bertz CT molecular complexity index is 528. The molecular formula is C21H36O2. The van der Waals surface area contributed by atoms with E-state index in [0.717, 1.165) is 25.7 Å². The summed E-state index contributed by atoms with van der Waals surface area (Å²) in [5.41, 5.74) is -0.689. The van der Waals surface area contributed by atoms with Crippen molar-refractivity contribution in [3.05, 3.63) is 11.8 Å². The van der Waals surface area contributed by atoms with Gasteiger partial charge in [0.05, 0.1) is 0 Å². The average Bonchev–Trinajstić information content (AvgIpc) is 2.79. The molecule has 0 aromatic rings. The largest absolute Gasteiger partial charge is 0.512 e. The molecule has 2 fully saturated rings. The second-order valence-corrected chi connectivity index (χ2v) is 9.88. The van der Waals surface area contributed by atoms with Gasteiger partial charge >= 0.3 is 0 Å². The lowest BCUT2D eigenvalue weighted by Gasteiger charge is -2.42. The number of carbonyl (C=O) groups excluding carboxylic acids is 1. The number of carbonyl (C=O) groups is 1. The first-order valence-electron chi connectivity index (χ1n) is 9.26. The molecule has 2 saturated carbocycles. The molecule has 0 unspecified atom stereocenters. The van der Waals surface area contributed by atoms with Gasteiger partial charge in [0, 0.05) is 16.9 Å². The number of aliphatic hydroxyl groups excluding tert-OH is 1. The highest BCUT2D eigenvalue weighted by Gasteiger charge is 2.55. The zero-order valence-corrected chi connectivity index (χ0v) is 16.4. The number of hydrogen-bond acceptors (Lipinski definition) is 2. The van der Waals surface area contributed by atoms with Crippen LogP contribution in [-0.4, -0.2) is 10.9 Å². The van der Waals surface area contributed by atoms with E-state index in [9.17, 15) is 9.90 Å². The van der Waals surface area contributed by atoms with Gasteiger partial charge in [-0.1, -0.05) is 55.4 Å². The SMILES string of the molecule is C[C@H]1CC[C@@](C)(C(=O)/C=C(\O)[C@]2(C)CC[C@H](C)C2(C)C)C1(C)C. The first kappa shape index (κ1) is 18.5. The molecule has 0 bridgehead atoms. The quantitative estimate of drug-likeness (QED) is 0.517. The van der Waals surface area contributed by atoms with Crippen LogP contribution in [0.3, 0.4) is 0 Å². The Labute approximate surface area is 142 Å². The molecule has 0 amide bonds. The molecule has 0 radical (unpaired) electrons. The minimum absolute atomic E-state index is 0.00720. The number of allylic oxidation sites excluding steroid dienone is 2. The van der Waals surface area contributed by atoms with Crippen LogP contribution >= 0.6 is 0 Å². The Morgan fingerprint density at radius 1 is 0.870 bits per heavy atom. The van der Waals surface area contributed by atoms with E-state index >= 15 is 0 Å². The molecule has 132 valence electrons. The Balaban J connectivity index is 2.34. The molecule has 2 nitrogen and oxygen atoms in total. The lowest BCUT2D eigenvalue weighted by atomic mass is 9.62. The zero-order chi connectivity index (χ0) is 17.8. The summed E-state index contributed by atoms with van der Waals surface area (Å²) in [7, 11) is 0. The van der Waals surface area contributed by atoms with Gasteiger partial charge in [-0.05, 0) is 48.3 Å². The molecule has 0 spiro atoms. The van der Waals surface area contributed by atoms with Crippen molar-refractivity contribution in [1.82, 2.24) is 0 Å². The minimum atomic E-state index is -0.370. The third kappa shape index (κ3) is 2.39. The summed E-state index contributed by atoms with van der Waals surface area (Å²) in [6.45, 7) is 17.6. The minimum Gasteiger partial charge on any atom is -0.512 e. The lowest BCUT2D eigenvalue weighted by molar-refractivity contribution is -0.128. The van der Waals surface area contributed by atoms with Crippen molar-refractivity contribution in [2.75, 3.05) is 0 Å². The molecule has 0 aliphatic heterocycles. The third-order valence-corrected chi connectivity index (χ3v) is 8.84. The fourth-order valence-electron chi connectivity index (χ4n) is 4.81.